The Hall–Kier alpha value is -1.10. The monoisotopic (exact) mass is 259 g/mol. The predicted molar refractivity (Wildman–Crippen MR) is 69.1 cm³/mol. The van der Waals surface area contributed by atoms with E-state index in [1.165, 1.54) is 0 Å². The van der Waals surface area contributed by atoms with Gasteiger partial charge in [0.2, 0.25) is 5.91 Å². The van der Waals surface area contributed by atoms with Crippen molar-refractivity contribution in [3.05, 3.63) is 0 Å². The van der Waals surface area contributed by atoms with Gasteiger partial charge in [0, 0.05) is 20.1 Å². The van der Waals surface area contributed by atoms with Crippen LogP contribution in [-0.2, 0) is 19.1 Å². The number of carbonyl (C=O) groups excluding carboxylic acids is 2. The summed E-state index contributed by atoms with van der Waals surface area (Å²) < 4.78 is 10.1. The molecule has 0 rings (SSSR count). The molecule has 0 bridgehead atoms. The fraction of sp³-hybridized carbons (Fsp3) is 0.846. The van der Waals surface area contributed by atoms with E-state index >= 15 is 0 Å². The number of nitrogens with one attached hydrogen (secondary N) is 1. The molecular formula is C13H25NO4. The zero-order valence-electron chi connectivity index (χ0n) is 12.2. The molecule has 1 amide bonds. The van der Waals surface area contributed by atoms with Crippen LogP contribution < -0.4 is 5.32 Å². The number of ether oxygens (including phenoxy) is 2. The van der Waals surface area contributed by atoms with Crippen molar-refractivity contribution >= 4 is 11.9 Å². The summed E-state index contributed by atoms with van der Waals surface area (Å²) >= 11 is 0. The van der Waals surface area contributed by atoms with Crippen LogP contribution in [0.3, 0.4) is 0 Å². The van der Waals surface area contributed by atoms with Gasteiger partial charge in [-0.25, -0.2) is 4.79 Å². The second kappa shape index (κ2) is 7.36. The van der Waals surface area contributed by atoms with Crippen LogP contribution in [0.4, 0.5) is 0 Å². The van der Waals surface area contributed by atoms with Gasteiger partial charge >= 0.3 is 5.97 Å². The first-order chi connectivity index (χ1) is 8.15. The first-order valence-electron chi connectivity index (χ1n) is 6.17. The standard InChI is InChI=1S/C13H25NO4/c1-9(8-17-6)7-11(15)14-10(2)12(16)18-13(3,4)5/h9-10H,7-8H2,1-6H3,(H,14,15)/t9?,10-/m0/s1. The molecular weight excluding hydrogens is 234 g/mol. The van der Waals surface area contributed by atoms with Gasteiger partial charge in [0.05, 0.1) is 0 Å². The lowest BCUT2D eigenvalue weighted by Gasteiger charge is -2.23. The molecule has 5 nitrogen and oxygen atoms in total. The number of carbonyl (C=O) groups is 2. The molecule has 0 saturated heterocycles. The summed E-state index contributed by atoms with van der Waals surface area (Å²) in [4.78, 5) is 23.3. The number of amides is 1. The van der Waals surface area contributed by atoms with Crippen LogP contribution in [0, 0.1) is 5.92 Å². The highest BCUT2D eigenvalue weighted by Gasteiger charge is 2.23. The number of rotatable bonds is 6. The Bertz CT molecular complexity index is 283. The zero-order valence-corrected chi connectivity index (χ0v) is 12.2. The van der Waals surface area contributed by atoms with Crippen molar-refractivity contribution in [1.29, 1.82) is 0 Å². The van der Waals surface area contributed by atoms with E-state index in [0.29, 0.717) is 13.0 Å². The summed E-state index contributed by atoms with van der Waals surface area (Å²) in [6.45, 7) is 9.43. The average molecular weight is 259 g/mol. The van der Waals surface area contributed by atoms with Crippen LogP contribution in [0.25, 0.3) is 0 Å². The van der Waals surface area contributed by atoms with Gasteiger partial charge < -0.3 is 14.8 Å². The van der Waals surface area contributed by atoms with Crippen molar-refractivity contribution in [3.63, 3.8) is 0 Å². The Labute approximate surface area is 109 Å². The highest BCUT2D eigenvalue weighted by molar-refractivity contribution is 5.84. The molecule has 0 radical (unpaired) electrons. The summed E-state index contributed by atoms with van der Waals surface area (Å²) in [5, 5.41) is 2.62. The summed E-state index contributed by atoms with van der Waals surface area (Å²) in [5.74, 6) is -0.464. The molecule has 1 unspecified atom stereocenters. The van der Waals surface area contributed by atoms with Gasteiger partial charge in [-0.2, -0.15) is 0 Å². The third-order valence-corrected chi connectivity index (χ3v) is 2.12. The van der Waals surface area contributed by atoms with Crippen LogP contribution in [0.5, 0.6) is 0 Å². The quantitative estimate of drug-likeness (QED) is 0.734. The molecule has 0 fully saturated rings. The minimum atomic E-state index is -0.633. The minimum Gasteiger partial charge on any atom is -0.458 e. The predicted octanol–water partition coefficient (Wildman–Crippen LogP) is 1.51. The van der Waals surface area contributed by atoms with E-state index in [0.717, 1.165) is 0 Å². The van der Waals surface area contributed by atoms with Crippen LogP contribution in [0.15, 0.2) is 0 Å². The summed E-state index contributed by atoms with van der Waals surface area (Å²) in [6.07, 6.45) is 0.334. The molecule has 5 heteroatoms. The van der Waals surface area contributed by atoms with Gasteiger partial charge in [-0.1, -0.05) is 6.92 Å². The van der Waals surface area contributed by atoms with Crippen molar-refractivity contribution < 1.29 is 19.1 Å². The van der Waals surface area contributed by atoms with E-state index in [-0.39, 0.29) is 11.8 Å². The first kappa shape index (κ1) is 16.9. The fourth-order valence-electron chi connectivity index (χ4n) is 1.41. The van der Waals surface area contributed by atoms with E-state index in [4.69, 9.17) is 9.47 Å². The van der Waals surface area contributed by atoms with Gasteiger partial charge in [-0.05, 0) is 33.6 Å². The molecule has 1 N–H and O–H groups in total. The molecule has 106 valence electrons. The lowest BCUT2D eigenvalue weighted by molar-refractivity contribution is -0.158. The van der Waals surface area contributed by atoms with E-state index in [1.807, 2.05) is 6.92 Å². The normalized spacial score (nSPS) is 14.8. The van der Waals surface area contributed by atoms with Gasteiger partial charge in [-0.15, -0.1) is 0 Å². The maximum absolute atomic E-state index is 11.6. The van der Waals surface area contributed by atoms with Crippen LogP contribution >= 0.6 is 0 Å². The Balaban J connectivity index is 4.11. The maximum atomic E-state index is 11.6. The molecule has 0 spiro atoms. The molecule has 0 aliphatic carbocycles. The second-order valence-electron chi connectivity index (χ2n) is 5.59. The SMILES string of the molecule is COCC(C)CC(=O)N[C@@H](C)C(=O)OC(C)(C)C. The number of methoxy groups -OCH3 is 1. The zero-order chi connectivity index (χ0) is 14.3. The van der Waals surface area contributed by atoms with E-state index in [9.17, 15) is 9.59 Å². The molecule has 0 aromatic heterocycles. The minimum absolute atomic E-state index is 0.126. The Morgan fingerprint density at radius 2 is 1.78 bits per heavy atom. The van der Waals surface area contributed by atoms with Crippen molar-refractivity contribution in [3.8, 4) is 0 Å². The van der Waals surface area contributed by atoms with Crippen LogP contribution in [0.2, 0.25) is 0 Å². The molecule has 18 heavy (non-hydrogen) atoms. The third kappa shape index (κ3) is 8.06. The number of esters is 1. The Morgan fingerprint density at radius 3 is 2.22 bits per heavy atom. The molecule has 0 aromatic rings. The molecule has 0 heterocycles. The maximum Gasteiger partial charge on any atom is 0.328 e. The van der Waals surface area contributed by atoms with E-state index in [1.54, 1.807) is 34.8 Å². The molecule has 0 aliphatic heterocycles. The molecule has 0 aliphatic rings. The van der Waals surface area contributed by atoms with Crippen molar-refractivity contribution in [2.45, 2.75) is 52.7 Å². The van der Waals surface area contributed by atoms with Crippen LogP contribution in [0.1, 0.15) is 41.0 Å². The topological polar surface area (TPSA) is 64.6 Å². The molecule has 0 aromatic carbocycles. The highest BCUT2D eigenvalue weighted by atomic mass is 16.6. The molecule has 2 atom stereocenters. The lowest BCUT2D eigenvalue weighted by Crippen LogP contribution is -2.42. The third-order valence-electron chi connectivity index (χ3n) is 2.12. The van der Waals surface area contributed by atoms with Crippen LogP contribution in [-0.4, -0.2) is 37.2 Å². The van der Waals surface area contributed by atoms with Crippen molar-refractivity contribution in [2.24, 2.45) is 5.92 Å². The Morgan fingerprint density at radius 1 is 1.22 bits per heavy atom. The number of hydrogen-bond acceptors (Lipinski definition) is 4. The number of hydrogen-bond donors (Lipinski definition) is 1. The summed E-state index contributed by atoms with van der Waals surface area (Å²) in [7, 11) is 1.59. The van der Waals surface area contributed by atoms with Gasteiger partial charge in [0.1, 0.15) is 11.6 Å². The van der Waals surface area contributed by atoms with E-state index < -0.39 is 17.6 Å². The lowest BCUT2D eigenvalue weighted by atomic mass is 10.1. The van der Waals surface area contributed by atoms with Crippen molar-refractivity contribution in [1.82, 2.24) is 5.32 Å². The van der Waals surface area contributed by atoms with Gasteiger partial charge in [0.15, 0.2) is 0 Å². The second-order valence-corrected chi connectivity index (χ2v) is 5.59. The fourth-order valence-corrected chi connectivity index (χ4v) is 1.41. The average Bonchev–Trinajstić information content (AvgIpc) is 2.14. The largest absolute Gasteiger partial charge is 0.458 e. The summed E-state index contributed by atoms with van der Waals surface area (Å²) in [6, 6.07) is -0.633. The smallest absolute Gasteiger partial charge is 0.328 e. The summed E-state index contributed by atoms with van der Waals surface area (Å²) in [5.41, 5.74) is -0.542. The van der Waals surface area contributed by atoms with Gasteiger partial charge in [0.25, 0.3) is 0 Å². The van der Waals surface area contributed by atoms with Crippen molar-refractivity contribution in [2.75, 3.05) is 13.7 Å². The van der Waals surface area contributed by atoms with Gasteiger partial charge in [-0.3, -0.25) is 4.79 Å². The van der Waals surface area contributed by atoms with E-state index in [2.05, 4.69) is 5.32 Å². The highest BCUT2D eigenvalue weighted by Crippen LogP contribution is 2.08. The first-order valence-corrected chi connectivity index (χ1v) is 6.17. The Kier molecular flexibility index (Phi) is 6.91. The molecule has 0 saturated carbocycles.